The molecule has 1 aliphatic rings. The van der Waals surface area contributed by atoms with E-state index < -0.39 is 63.2 Å². The zero-order valence-corrected chi connectivity index (χ0v) is 19.9. The smallest absolute Gasteiger partial charge is 0.298 e. The molecule has 3 aromatic rings. The van der Waals surface area contributed by atoms with Gasteiger partial charge in [0.15, 0.2) is 5.78 Å². The molecule has 1 saturated heterocycles. The number of rotatable bonds is 7. The fourth-order valence-corrected chi connectivity index (χ4v) is 5.76. The number of pyridine rings is 1. The van der Waals surface area contributed by atoms with Crippen LogP contribution < -0.4 is 0 Å². The second kappa shape index (κ2) is 9.90. The van der Waals surface area contributed by atoms with E-state index in [2.05, 4.69) is 4.98 Å². The Morgan fingerprint density at radius 2 is 1.65 bits per heavy atom. The Bertz CT molecular complexity index is 1390. The van der Waals surface area contributed by atoms with Crippen molar-refractivity contribution in [3.63, 3.8) is 0 Å². The Hall–Kier alpha value is -3.25. The zero-order chi connectivity index (χ0) is 27.0. The standard InChI is InChI=1S/C25H20F6N2O3S/c26-19-5-8-21(9-6-19)37(35,36)33-15-24(27,28)14-22(33)23(34)10-7-20-13-17(11-12-32-20)16-1-3-18(4-2-16)25(29,30)31/h1-6,8-9,11-13,22H,7,10,14-15H2/t22-/m0/s1. The van der Waals surface area contributed by atoms with Gasteiger partial charge in [-0.1, -0.05) is 12.1 Å². The highest BCUT2D eigenvalue weighted by Crippen LogP contribution is 2.37. The van der Waals surface area contributed by atoms with E-state index >= 15 is 0 Å². The third-order valence-electron chi connectivity index (χ3n) is 6.01. The fourth-order valence-electron chi connectivity index (χ4n) is 4.12. The van der Waals surface area contributed by atoms with Gasteiger partial charge in [-0.05, 0) is 66.1 Å². The second-order valence-electron chi connectivity index (χ2n) is 8.66. The third-order valence-corrected chi connectivity index (χ3v) is 7.88. The Morgan fingerprint density at radius 3 is 2.27 bits per heavy atom. The predicted octanol–water partition coefficient (Wildman–Crippen LogP) is 5.51. The van der Waals surface area contributed by atoms with Crippen LogP contribution in [0.3, 0.4) is 0 Å². The van der Waals surface area contributed by atoms with Gasteiger partial charge >= 0.3 is 6.18 Å². The van der Waals surface area contributed by atoms with Gasteiger partial charge in [0.25, 0.3) is 5.92 Å². The summed E-state index contributed by atoms with van der Waals surface area (Å²) >= 11 is 0. The fraction of sp³-hybridized carbons (Fsp3) is 0.280. The maximum absolute atomic E-state index is 14.2. The molecule has 37 heavy (non-hydrogen) atoms. The van der Waals surface area contributed by atoms with Gasteiger partial charge in [-0.2, -0.15) is 17.5 Å². The summed E-state index contributed by atoms with van der Waals surface area (Å²) in [5.41, 5.74) is 0.599. The van der Waals surface area contributed by atoms with Gasteiger partial charge in [0.1, 0.15) is 5.82 Å². The largest absolute Gasteiger partial charge is 0.416 e. The Labute approximate surface area is 208 Å². The topological polar surface area (TPSA) is 67.3 Å². The molecule has 0 bridgehead atoms. The Kier molecular flexibility index (Phi) is 7.17. The first kappa shape index (κ1) is 26.8. The summed E-state index contributed by atoms with van der Waals surface area (Å²) in [6.45, 7) is -1.18. The van der Waals surface area contributed by atoms with Crippen LogP contribution in [0.2, 0.25) is 0 Å². The molecule has 2 heterocycles. The maximum atomic E-state index is 14.2. The molecule has 0 spiro atoms. The lowest BCUT2D eigenvalue weighted by molar-refractivity contribution is -0.137. The van der Waals surface area contributed by atoms with Crippen molar-refractivity contribution in [3.05, 3.63) is 83.9 Å². The van der Waals surface area contributed by atoms with Crippen molar-refractivity contribution < 1.29 is 39.6 Å². The van der Waals surface area contributed by atoms with E-state index in [1.165, 1.54) is 18.3 Å². The number of aryl methyl sites for hydroxylation is 1. The van der Waals surface area contributed by atoms with E-state index in [-0.39, 0.29) is 12.8 Å². The maximum Gasteiger partial charge on any atom is 0.416 e. The first-order valence-electron chi connectivity index (χ1n) is 11.1. The number of hydrogen-bond acceptors (Lipinski definition) is 4. The third kappa shape index (κ3) is 6.02. The lowest BCUT2D eigenvalue weighted by Crippen LogP contribution is -2.40. The molecule has 0 N–H and O–H groups in total. The molecule has 12 heteroatoms. The van der Waals surface area contributed by atoms with Crippen molar-refractivity contribution in [2.75, 3.05) is 6.54 Å². The lowest BCUT2D eigenvalue weighted by Gasteiger charge is -2.22. The minimum Gasteiger partial charge on any atom is -0.298 e. The molecular formula is C25H20F6N2O3S. The van der Waals surface area contributed by atoms with E-state index in [0.29, 0.717) is 21.1 Å². The van der Waals surface area contributed by atoms with Crippen molar-refractivity contribution in [1.29, 1.82) is 0 Å². The van der Waals surface area contributed by atoms with Crippen molar-refractivity contribution in [2.45, 2.75) is 42.3 Å². The van der Waals surface area contributed by atoms with Crippen LogP contribution in [0.15, 0.2) is 71.8 Å². The first-order chi connectivity index (χ1) is 17.3. The summed E-state index contributed by atoms with van der Waals surface area (Å²) in [6.07, 6.45) is -4.34. The quantitative estimate of drug-likeness (QED) is 0.370. The van der Waals surface area contributed by atoms with Gasteiger partial charge in [0.05, 0.1) is 23.0 Å². The summed E-state index contributed by atoms with van der Waals surface area (Å²) in [7, 11) is -4.49. The minimum absolute atomic E-state index is 0.000183. The van der Waals surface area contributed by atoms with Gasteiger partial charge in [-0.15, -0.1) is 0 Å². The normalized spacial score (nSPS) is 18.2. The SMILES string of the molecule is O=C(CCc1cc(-c2ccc(C(F)(F)F)cc2)ccn1)[C@@H]1CC(F)(F)CN1S(=O)(=O)c1ccc(F)cc1. The second-order valence-corrected chi connectivity index (χ2v) is 10.5. The van der Waals surface area contributed by atoms with Gasteiger partial charge in [-0.3, -0.25) is 9.78 Å². The van der Waals surface area contributed by atoms with E-state index in [4.69, 9.17) is 0 Å². The molecule has 0 unspecified atom stereocenters. The molecule has 4 rings (SSSR count). The number of carbonyl (C=O) groups excluding carboxylic acids is 1. The molecule has 0 radical (unpaired) electrons. The number of alkyl halides is 5. The number of halogens is 6. The highest BCUT2D eigenvalue weighted by atomic mass is 32.2. The molecule has 196 valence electrons. The van der Waals surface area contributed by atoms with Crippen molar-refractivity contribution in [1.82, 2.24) is 9.29 Å². The Balaban J connectivity index is 1.49. The van der Waals surface area contributed by atoms with Crippen LogP contribution in [0, 0.1) is 5.82 Å². The summed E-state index contributed by atoms with van der Waals surface area (Å²) in [6, 6.07) is 9.65. The van der Waals surface area contributed by atoms with E-state index in [1.54, 1.807) is 12.1 Å². The molecule has 1 aliphatic heterocycles. The molecule has 0 aliphatic carbocycles. The van der Waals surface area contributed by atoms with Crippen LogP contribution in [0.1, 0.15) is 24.1 Å². The summed E-state index contributed by atoms with van der Waals surface area (Å²) < 4.78 is 106. The number of benzene rings is 2. The van der Waals surface area contributed by atoms with Crippen LogP contribution >= 0.6 is 0 Å². The minimum atomic E-state index is -4.49. The molecule has 1 aromatic heterocycles. The van der Waals surface area contributed by atoms with E-state index in [1.807, 2.05) is 0 Å². The van der Waals surface area contributed by atoms with Gasteiger partial charge in [0, 0.05) is 24.7 Å². The monoisotopic (exact) mass is 542 g/mol. The predicted molar refractivity (Wildman–Crippen MR) is 122 cm³/mol. The number of carbonyl (C=O) groups is 1. The number of aromatic nitrogens is 1. The number of hydrogen-bond donors (Lipinski definition) is 0. The highest BCUT2D eigenvalue weighted by molar-refractivity contribution is 7.89. The molecule has 0 saturated carbocycles. The molecule has 1 atom stereocenters. The molecule has 2 aromatic carbocycles. The van der Waals surface area contributed by atoms with Crippen LogP contribution in [-0.2, 0) is 27.4 Å². The van der Waals surface area contributed by atoms with Crippen LogP contribution in [0.25, 0.3) is 11.1 Å². The van der Waals surface area contributed by atoms with Gasteiger partial charge < -0.3 is 0 Å². The van der Waals surface area contributed by atoms with Crippen molar-refractivity contribution in [2.24, 2.45) is 0 Å². The number of ketones is 1. The summed E-state index contributed by atoms with van der Waals surface area (Å²) in [5, 5.41) is 0. The van der Waals surface area contributed by atoms with Crippen molar-refractivity contribution >= 4 is 15.8 Å². The van der Waals surface area contributed by atoms with Crippen LogP contribution in [0.4, 0.5) is 26.3 Å². The molecule has 1 fully saturated rings. The van der Waals surface area contributed by atoms with Crippen molar-refractivity contribution in [3.8, 4) is 11.1 Å². The van der Waals surface area contributed by atoms with Crippen LogP contribution in [-0.4, -0.2) is 42.0 Å². The van der Waals surface area contributed by atoms with Gasteiger partial charge in [0.2, 0.25) is 10.0 Å². The lowest BCUT2D eigenvalue weighted by atomic mass is 10.0. The first-order valence-corrected chi connectivity index (χ1v) is 12.5. The molecule has 0 amide bonds. The summed E-state index contributed by atoms with van der Waals surface area (Å²) in [4.78, 5) is 16.6. The Morgan fingerprint density at radius 1 is 1.00 bits per heavy atom. The highest BCUT2D eigenvalue weighted by Gasteiger charge is 2.52. The van der Waals surface area contributed by atoms with Gasteiger partial charge in [-0.25, -0.2) is 21.6 Å². The van der Waals surface area contributed by atoms with E-state index in [0.717, 1.165) is 36.4 Å². The number of Topliss-reactive ketones (excluding diaryl/α,β-unsaturated/α-hetero) is 1. The number of sulfonamides is 1. The summed E-state index contributed by atoms with van der Waals surface area (Å²) in [5.74, 6) is -4.86. The molecule has 5 nitrogen and oxygen atoms in total. The molecular weight excluding hydrogens is 522 g/mol. The average molecular weight is 543 g/mol. The number of nitrogens with zero attached hydrogens (tertiary/aromatic N) is 2. The van der Waals surface area contributed by atoms with E-state index in [9.17, 15) is 39.6 Å². The average Bonchev–Trinajstić information content (AvgIpc) is 3.19. The van der Waals surface area contributed by atoms with Crippen LogP contribution in [0.5, 0.6) is 0 Å². The zero-order valence-electron chi connectivity index (χ0n) is 19.1.